The SMILES string of the molecule is CCC(=O)c1nn(COCC[Si](C)(C)C)c2c(F)c(-c3c(F)ccc(CS(=O)(=O)c4cccc5occc45)c3F)ccc12. The molecule has 0 aliphatic heterocycles. The van der Waals surface area contributed by atoms with Gasteiger partial charge in [0.2, 0.25) is 0 Å². The molecule has 0 bridgehead atoms. The number of aromatic nitrogens is 2. The highest BCUT2D eigenvalue weighted by Gasteiger charge is 2.27. The van der Waals surface area contributed by atoms with Gasteiger partial charge in [0.05, 0.1) is 22.5 Å². The maximum atomic E-state index is 16.2. The van der Waals surface area contributed by atoms with Crippen LogP contribution in [0.15, 0.2) is 64.1 Å². The molecular formula is C31H31F3N2O5SSi. The van der Waals surface area contributed by atoms with Gasteiger partial charge in [-0.2, -0.15) is 5.10 Å². The Bertz CT molecular complexity index is 1960. The van der Waals surface area contributed by atoms with Gasteiger partial charge in [-0.15, -0.1) is 0 Å². The molecule has 0 saturated heterocycles. The van der Waals surface area contributed by atoms with Gasteiger partial charge in [-0.25, -0.2) is 26.3 Å². The number of Topliss-reactive ketones (excluding diaryl/α,β-unsaturated/α-hetero) is 1. The summed E-state index contributed by atoms with van der Waals surface area (Å²) in [5.41, 5.74) is -1.24. The minimum atomic E-state index is -4.11. The Balaban J connectivity index is 1.58. The zero-order valence-electron chi connectivity index (χ0n) is 24.2. The van der Waals surface area contributed by atoms with Gasteiger partial charge in [0, 0.05) is 43.0 Å². The molecule has 0 aliphatic rings. The molecule has 2 aromatic heterocycles. The number of ketones is 1. The summed E-state index contributed by atoms with van der Waals surface area (Å²) in [4.78, 5) is 12.6. The lowest BCUT2D eigenvalue weighted by Gasteiger charge is -2.16. The second-order valence-electron chi connectivity index (χ2n) is 11.5. The van der Waals surface area contributed by atoms with Crippen molar-refractivity contribution in [3.8, 4) is 11.1 Å². The van der Waals surface area contributed by atoms with Crippen LogP contribution in [0.1, 0.15) is 29.4 Å². The fourth-order valence-electron chi connectivity index (χ4n) is 4.90. The smallest absolute Gasteiger partial charge is 0.183 e. The van der Waals surface area contributed by atoms with Crippen molar-refractivity contribution in [3.05, 3.63) is 83.5 Å². The molecule has 0 saturated carbocycles. The quantitative estimate of drug-likeness (QED) is 0.0844. The second kappa shape index (κ2) is 11.7. The maximum absolute atomic E-state index is 16.2. The summed E-state index contributed by atoms with van der Waals surface area (Å²) in [6.07, 6.45) is 1.47. The number of benzene rings is 3. The number of fused-ring (bicyclic) bond motifs is 2. The van der Waals surface area contributed by atoms with Gasteiger partial charge in [0.15, 0.2) is 21.4 Å². The maximum Gasteiger partial charge on any atom is 0.183 e. The number of carbonyl (C=O) groups excluding carboxylic acids is 1. The highest BCUT2D eigenvalue weighted by Crippen LogP contribution is 2.36. The first kappa shape index (κ1) is 30.7. The summed E-state index contributed by atoms with van der Waals surface area (Å²) in [7, 11) is -5.52. The van der Waals surface area contributed by atoms with E-state index in [0.29, 0.717) is 17.6 Å². The summed E-state index contributed by atoms with van der Waals surface area (Å²) in [5.74, 6) is -4.40. The van der Waals surface area contributed by atoms with Gasteiger partial charge in [-0.1, -0.05) is 44.8 Å². The summed E-state index contributed by atoms with van der Waals surface area (Å²) in [6.45, 7) is 8.44. The van der Waals surface area contributed by atoms with Gasteiger partial charge in [-0.3, -0.25) is 4.79 Å². The fraction of sp³-hybridized carbons (Fsp3) is 0.290. The highest BCUT2D eigenvalue weighted by atomic mass is 32.2. The predicted molar refractivity (Wildman–Crippen MR) is 161 cm³/mol. The van der Waals surface area contributed by atoms with Gasteiger partial charge >= 0.3 is 0 Å². The number of sulfone groups is 1. The minimum absolute atomic E-state index is 0.0333. The molecule has 2 heterocycles. The van der Waals surface area contributed by atoms with Crippen molar-refractivity contribution in [3.63, 3.8) is 0 Å². The highest BCUT2D eigenvalue weighted by molar-refractivity contribution is 7.90. The number of halogens is 3. The molecule has 0 fully saturated rings. The second-order valence-corrected chi connectivity index (χ2v) is 19.1. The van der Waals surface area contributed by atoms with E-state index < -0.39 is 52.2 Å². The van der Waals surface area contributed by atoms with Gasteiger partial charge in [0.25, 0.3) is 0 Å². The largest absolute Gasteiger partial charge is 0.464 e. The van der Waals surface area contributed by atoms with Crippen LogP contribution >= 0.6 is 0 Å². The molecule has 0 aliphatic carbocycles. The lowest BCUT2D eigenvalue weighted by Crippen LogP contribution is -2.22. The molecule has 0 amide bonds. The Morgan fingerprint density at radius 2 is 1.77 bits per heavy atom. The van der Waals surface area contributed by atoms with Crippen molar-refractivity contribution < 1.29 is 35.5 Å². The van der Waals surface area contributed by atoms with Crippen LogP contribution in [-0.4, -0.2) is 38.7 Å². The third-order valence-electron chi connectivity index (χ3n) is 7.22. The number of nitrogens with zero attached hydrogens (tertiary/aromatic N) is 2. The average molecular weight is 629 g/mol. The predicted octanol–water partition coefficient (Wildman–Crippen LogP) is 7.75. The lowest BCUT2D eigenvalue weighted by atomic mass is 9.99. The lowest BCUT2D eigenvalue weighted by molar-refractivity contribution is 0.0804. The summed E-state index contributed by atoms with van der Waals surface area (Å²) in [6, 6.07) is 11.3. The number of carbonyl (C=O) groups is 1. The molecule has 0 atom stereocenters. The average Bonchev–Trinajstić information content (AvgIpc) is 3.58. The molecule has 0 unspecified atom stereocenters. The van der Waals surface area contributed by atoms with Crippen LogP contribution < -0.4 is 0 Å². The van der Waals surface area contributed by atoms with Crippen molar-refractivity contribution in [2.75, 3.05) is 6.61 Å². The van der Waals surface area contributed by atoms with E-state index in [1.165, 1.54) is 41.3 Å². The first-order valence-electron chi connectivity index (χ1n) is 13.8. The Hall–Kier alpha value is -3.74. The minimum Gasteiger partial charge on any atom is -0.464 e. The topological polar surface area (TPSA) is 91.4 Å². The standard InChI is InChI=1S/C31H31F3N2O5SSi/c1-5-24(37)30-22-11-10-21(29(34)31(22)36(35-30)18-40-15-16-43(2,3)4)27-23(32)12-9-19(28(27)33)17-42(38,39)26-8-6-7-25-20(26)13-14-41-25/h6-14H,5,15-18H2,1-4H3. The summed E-state index contributed by atoms with van der Waals surface area (Å²) >= 11 is 0. The molecule has 12 heteroatoms. The Labute approximate surface area is 248 Å². The van der Waals surface area contributed by atoms with E-state index in [4.69, 9.17) is 9.15 Å². The van der Waals surface area contributed by atoms with Crippen LogP contribution in [0.2, 0.25) is 25.7 Å². The molecule has 0 radical (unpaired) electrons. The molecule has 7 nitrogen and oxygen atoms in total. The summed E-state index contributed by atoms with van der Waals surface area (Å²) in [5, 5.41) is 4.82. The normalized spacial score (nSPS) is 12.4. The van der Waals surface area contributed by atoms with Crippen LogP contribution in [0.4, 0.5) is 13.2 Å². The monoisotopic (exact) mass is 628 g/mol. The van der Waals surface area contributed by atoms with Crippen LogP contribution in [0, 0.1) is 17.5 Å². The molecule has 226 valence electrons. The van der Waals surface area contributed by atoms with Gasteiger partial charge in [-0.05, 0) is 36.4 Å². The number of hydrogen-bond donors (Lipinski definition) is 0. The number of hydrogen-bond acceptors (Lipinski definition) is 6. The molecule has 0 N–H and O–H groups in total. The van der Waals surface area contributed by atoms with Crippen molar-refractivity contribution >= 4 is 45.6 Å². The van der Waals surface area contributed by atoms with Crippen molar-refractivity contribution in [2.24, 2.45) is 0 Å². The van der Waals surface area contributed by atoms with Gasteiger partial charge in [0.1, 0.15) is 35.2 Å². The third kappa shape index (κ3) is 6.04. The molecule has 3 aromatic carbocycles. The first-order valence-corrected chi connectivity index (χ1v) is 19.1. The van der Waals surface area contributed by atoms with Crippen LogP contribution in [0.25, 0.3) is 33.0 Å². The zero-order chi connectivity index (χ0) is 31.1. The molecule has 0 spiro atoms. The number of rotatable bonds is 11. The van der Waals surface area contributed by atoms with E-state index in [2.05, 4.69) is 24.7 Å². The van der Waals surface area contributed by atoms with Crippen molar-refractivity contribution in [1.29, 1.82) is 0 Å². The van der Waals surface area contributed by atoms with Crippen LogP contribution in [0.5, 0.6) is 0 Å². The van der Waals surface area contributed by atoms with E-state index in [0.717, 1.165) is 18.2 Å². The van der Waals surface area contributed by atoms with E-state index in [-0.39, 0.29) is 46.0 Å². The molecule has 5 aromatic rings. The van der Waals surface area contributed by atoms with Crippen LogP contribution in [-0.2, 0) is 27.1 Å². The van der Waals surface area contributed by atoms with E-state index in [1.54, 1.807) is 13.0 Å². The zero-order valence-corrected chi connectivity index (χ0v) is 26.0. The Morgan fingerprint density at radius 3 is 2.49 bits per heavy atom. The molecule has 5 rings (SSSR count). The Morgan fingerprint density at radius 1 is 1.00 bits per heavy atom. The van der Waals surface area contributed by atoms with E-state index in [9.17, 15) is 13.2 Å². The van der Waals surface area contributed by atoms with Gasteiger partial charge < -0.3 is 9.15 Å². The van der Waals surface area contributed by atoms with Crippen molar-refractivity contribution in [1.82, 2.24) is 9.78 Å². The molecular weight excluding hydrogens is 597 g/mol. The Kier molecular flexibility index (Phi) is 8.38. The van der Waals surface area contributed by atoms with E-state index in [1.807, 2.05) is 0 Å². The summed E-state index contributed by atoms with van der Waals surface area (Å²) < 4.78 is 86.3. The molecule has 43 heavy (non-hydrogen) atoms. The number of ether oxygens (including phenoxy) is 1. The van der Waals surface area contributed by atoms with Crippen molar-refractivity contribution in [2.45, 2.75) is 56.4 Å². The fourth-order valence-corrected chi connectivity index (χ4v) is 7.23. The number of furan rings is 1. The first-order chi connectivity index (χ1) is 20.3. The van der Waals surface area contributed by atoms with Crippen LogP contribution in [0.3, 0.4) is 0 Å². The van der Waals surface area contributed by atoms with E-state index >= 15 is 13.2 Å². The third-order valence-corrected chi connectivity index (χ3v) is 10.6.